The van der Waals surface area contributed by atoms with Crippen LogP contribution in [-0.2, 0) is 21.5 Å². The van der Waals surface area contributed by atoms with E-state index >= 15 is 0 Å². The van der Waals surface area contributed by atoms with Gasteiger partial charge in [-0.15, -0.1) is 5.10 Å². The molecule has 1 unspecified atom stereocenters. The lowest BCUT2D eigenvalue weighted by atomic mass is 9.71. The summed E-state index contributed by atoms with van der Waals surface area (Å²) in [6.45, 7) is 1.46. The summed E-state index contributed by atoms with van der Waals surface area (Å²) in [5.74, 6) is -3.74. The molecule has 2 saturated carbocycles. The van der Waals surface area contributed by atoms with Gasteiger partial charge in [0, 0.05) is 48.3 Å². The number of piperidine rings is 1. The number of pyridine rings is 1. The third kappa shape index (κ3) is 4.86. The normalized spacial score (nSPS) is 24.1. The van der Waals surface area contributed by atoms with E-state index in [-0.39, 0.29) is 58.5 Å². The molecule has 2 aliphatic heterocycles. The van der Waals surface area contributed by atoms with Crippen LogP contribution in [0.3, 0.4) is 0 Å². The number of halogens is 3. The number of rotatable bonds is 6. The summed E-state index contributed by atoms with van der Waals surface area (Å²) in [4.78, 5) is 52.0. The molecular formula is C35H32ClF2N7O5. The first-order valence-corrected chi connectivity index (χ1v) is 17.1. The van der Waals surface area contributed by atoms with Gasteiger partial charge in [-0.1, -0.05) is 23.7 Å². The quantitative estimate of drug-likeness (QED) is 0.299. The molecule has 1 spiro atoms. The number of likely N-dealkylation sites (tertiary alicyclic amines) is 1. The summed E-state index contributed by atoms with van der Waals surface area (Å²) in [5.41, 5.74) is 2.14. The van der Waals surface area contributed by atoms with E-state index in [4.69, 9.17) is 21.3 Å². The van der Waals surface area contributed by atoms with E-state index in [0.717, 1.165) is 17.7 Å². The van der Waals surface area contributed by atoms with Crippen LogP contribution in [0.15, 0.2) is 47.4 Å². The molecule has 3 atom stereocenters. The Kier molecular flexibility index (Phi) is 6.98. The van der Waals surface area contributed by atoms with E-state index < -0.39 is 23.2 Å². The molecule has 15 heteroatoms. The second-order valence-corrected chi connectivity index (χ2v) is 14.3. The topological polar surface area (TPSA) is 144 Å². The summed E-state index contributed by atoms with van der Waals surface area (Å²) in [7, 11) is 0. The number of alkyl halides is 2. The summed E-state index contributed by atoms with van der Waals surface area (Å²) < 4.78 is 35.9. The first-order chi connectivity index (χ1) is 24.1. The molecule has 3 aliphatic carbocycles. The molecule has 3 aromatic heterocycles. The smallest absolute Gasteiger partial charge is 0.279 e. The number of anilines is 1. The Bertz CT molecular complexity index is 2210. The molecule has 5 aliphatic rings. The fraction of sp³-hybridized carbons (Fsp3) is 0.429. The van der Waals surface area contributed by atoms with Crippen molar-refractivity contribution in [2.75, 3.05) is 31.6 Å². The number of carbonyl (C=O) groups is 2. The van der Waals surface area contributed by atoms with E-state index in [1.54, 1.807) is 21.6 Å². The Hall–Kier alpha value is -4.69. The highest BCUT2D eigenvalue weighted by atomic mass is 35.5. The number of amides is 2. The average molecular weight is 704 g/mol. The fourth-order valence-electron chi connectivity index (χ4n) is 8.44. The van der Waals surface area contributed by atoms with Crippen LogP contribution in [0.5, 0.6) is 5.75 Å². The summed E-state index contributed by atoms with van der Waals surface area (Å²) in [5, 5.41) is 17.9. The van der Waals surface area contributed by atoms with Gasteiger partial charge in [-0.2, -0.15) is 9.50 Å². The molecule has 9 rings (SSSR count). The second-order valence-electron chi connectivity index (χ2n) is 13.9. The van der Waals surface area contributed by atoms with Crippen LogP contribution >= 0.6 is 11.6 Å². The molecule has 0 radical (unpaired) electrons. The molecule has 4 aromatic rings. The van der Waals surface area contributed by atoms with Crippen molar-refractivity contribution in [3.63, 3.8) is 0 Å². The van der Waals surface area contributed by atoms with Gasteiger partial charge < -0.3 is 24.6 Å². The zero-order valence-corrected chi connectivity index (χ0v) is 27.5. The van der Waals surface area contributed by atoms with Crippen molar-refractivity contribution in [3.05, 3.63) is 86.3 Å². The Morgan fingerprint density at radius 1 is 1.18 bits per heavy atom. The number of fused-ring (bicyclic) bond motifs is 6. The van der Waals surface area contributed by atoms with Gasteiger partial charge in [0.25, 0.3) is 17.4 Å². The maximum atomic E-state index is 14.5. The molecule has 258 valence electrons. The number of hydrogen-bond donors (Lipinski definition) is 2. The van der Waals surface area contributed by atoms with Crippen molar-refractivity contribution in [1.29, 1.82) is 0 Å². The zero-order chi connectivity index (χ0) is 34.5. The van der Waals surface area contributed by atoms with Crippen LogP contribution in [0, 0.1) is 5.92 Å². The Morgan fingerprint density at radius 2 is 1.98 bits per heavy atom. The highest BCUT2D eigenvalue weighted by molar-refractivity contribution is 6.33. The van der Waals surface area contributed by atoms with E-state index in [1.165, 1.54) is 28.9 Å². The lowest BCUT2D eigenvalue weighted by molar-refractivity contribution is -0.116. The molecular weight excluding hydrogens is 672 g/mol. The maximum Gasteiger partial charge on any atom is 0.279 e. The van der Waals surface area contributed by atoms with Crippen molar-refractivity contribution < 1.29 is 28.2 Å². The first-order valence-electron chi connectivity index (χ1n) is 16.8. The fourth-order valence-corrected chi connectivity index (χ4v) is 8.68. The van der Waals surface area contributed by atoms with Crippen molar-refractivity contribution >= 4 is 40.5 Å². The van der Waals surface area contributed by atoms with Crippen LogP contribution in [0.2, 0.25) is 5.02 Å². The number of hydrogen-bond acceptors (Lipinski definition) is 8. The molecule has 3 fully saturated rings. The summed E-state index contributed by atoms with van der Waals surface area (Å²) in [6.07, 6.45) is 5.60. The largest absolute Gasteiger partial charge is 0.505 e. The molecule has 0 bridgehead atoms. The van der Waals surface area contributed by atoms with Gasteiger partial charge in [0.05, 0.1) is 29.8 Å². The van der Waals surface area contributed by atoms with Crippen LogP contribution in [0.1, 0.15) is 77.1 Å². The molecule has 12 nitrogen and oxygen atoms in total. The molecule has 2 N–H and O–H groups in total. The zero-order valence-electron chi connectivity index (χ0n) is 26.7. The van der Waals surface area contributed by atoms with Gasteiger partial charge in [-0.05, 0) is 67.0 Å². The molecule has 1 aromatic carbocycles. The van der Waals surface area contributed by atoms with Gasteiger partial charge in [0.1, 0.15) is 12.3 Å². The Balaban J connectivity index is 1.07. The van der Waals surface area contributed by atoms with Crippen LogP contribution in [0.25, 0.3) is 11.4 Å². The van der Waals surface area contributed by atoms with Crippen molar-refractivity contribution in [1.82, 2.24) is 29.0 Å². The highest BCUT2D eigenvalue weighted by Crippen LogP contribution is 2.67. The number of aromatic nitrogens is 5. The summed E-state index contributed by atoms with van der Waals surface area (Å²) >= 11 is 6.45. The van der Waals surface area contributed by atoms with Crippen molar-refractivity contribution in [2.45, 2.75) is 61.8 Å². The van der Waals surface area contributed by atoms with E-state index in [9.17, 15) is 28.3 Å². The van der Waals surface area contributed by atoms with Gasteiger partial charge in [-0.3, -0.25) is 14.4 Å². The van der Waals surface area contributed by atoms with E-state index in [1.807, 2.05) is 6.08 Å². The van der Waals surface area contributed by atoms with Gasteiger partial charge in [0.15, 0.2) is 11.5 Å². The molecule has 2 amide bonds. The summed E-state index contributed by atoms with van der Waals surface area (Å²) in [6, 6.07) is 7.55. The number of benzene rings is 1. The number of carbonyl (C=O) groups excluding carboxylic acids is 2. The number of nitrogens with one attached hydrogen (secondary N) is 1. The number of nitrogens with zero attached hydrogens (tertiary/aromatic N) is 6. The first kappa shape index (κ1) is 31.3. The van der Waals surface area contributed by atoms with Crippen molar-refractivity contribution in [2.24, 2.45) is 5.92 Å². The Labute approximate surface area is 288 Å². The monoisotopic (exact) mass is 703 g/mol. The predicted octanol–water partition coefficient (Wildman–Crippen LogP) is 4.50. The highest BCUT2D eigenvalue weighted by Gasteiger charge is 2.64. The van der Waals surface area contributed by atoms with E-state index in [2.05, 4.69) is 15.4 Å². The predicted molar refractivity (Wildman–Crippen MR) is 177 cm³/mol. The van der Waals surface area contributed by atoms with Crippen LogP contribution in [-0.4, -0.2) is 78.2 Å². The minimum absolute atomic E-state index is 0.00701. The van der Waals surface area contributed by atoms with E-state index in [0.29, 0.717) is 68.2 Å². The Morgan fingerprint density at radius 3 is 2.68 bits per heavy atom. The number of aromatic hydroxyl groups is 1. The van der Waals surface area contributed by atoms with Gasteiger partial charge in [0.2, 0.25) is 11.7 Å². The minimum Gasteiger partial charge on any atom is -0.505 e. The SMILES string of the molecule is O=C(Cn1c2c(c(=O)n3nc(C4=CCOCC4)nc13)C1(CCN(C(=O)c3ncccc3O)CC1)[C@@H]1C[C@H]21)Nc1ccc(C2CC2(F)F)cc1Cl. The standard InChI is InChI=1S/C35H32ClF2N7O5/c36-23-14-19(22-16-35(22,37)38)3-4-24(23)40-26(47)17-44-29-20-15-21(20)34(7-10-43(11-8-34)32(49)28-25(46)2-1-9-39-28)27(29)31(48)45-33(44)41-30(42-45)18-5-12-50-13-6-18/h1-5,9,14,20-22,46H,6-8,10-13,15-17H2,(H,40,47)/t20-,21+,22?/m0/s1. The molecule has 5 heterocycles. The maximum absolute atomic E-state index is 14.5. The number of ether oxygens (including phenoxy) is 1. The lowest BCUT2D eigenvalue weighted by Gasteiger charge is -2.41. The molecule has 1 saturated heterocycles. The van der Waals surface area contributed by atoms with Crippen molar-refractivity contribution in [3.8, 4) is 5.75 Å². The third-order valence-electron chi connectivity index (χ3n) is 11.1. The van der Waals surface area contributed by atoms with Gasteiger partial charge in [-0.25, -0.2) is 13.8 Å². The average Bonchev–Trinajstić information content (AvgIpc) is 3.95. The van der Waals surface area contributed by atoms with Gasteiger partial charge >= 0.3 is 0 Å². The lowest BCUT2D eigenvalue weighted by Crippen LogP contribution is -2.48. The third-order valence-corrected chi connectivity index (χ3v) is 11.4. The second kappa shape index (κ2) is 11.2. The van der Waals surface area contributed by atoms with Crippen LogP contribution in [0.4, 0.5) is 14.5 Å². The van der Waals surface area contributed by atoms with Crippen LogP contribution < -0.4 is 10.9 Å². The minimum atomic E-state index is -2.74. The molecule has 50 heavy (non-hydrogen) atoms.